The van der Waals surface area contributed by atoms with Gasteiger partial charge in [-0.25, -0.2) is 0 Å². The van der Waals surface area contributed by atoms with Crippen molar-refractivity contribution in [3.8, 4) is 0 Å². The molecule has 5 atom stereocenters. The van der Waals surface area contributed by atoms with Crippen molar-refractivity contribution in [1.82, 2.24) is 5.32 Å². The number of halogens is 1. The highest BCUT2D eigenvalue weighted by Crippen LogP contribution is 2.48. The minimum absolute atomic E-state index is 0.343. The van der Waals surface area contributed by atoms with Crippen molar-refractivity contribution in [2.45, 2.75) is 62.2 Å². The van der Waals surface area contributed by atoms with Gasteiger partial charge in [-0.05, 0) is 43.9 Å². The topological polar surface area (TPSA) is 29.1 Å². The summed E-state index contributed by atoms with van der Waals surface area (Å²) in [7, 11) is 0. The lowest BCUT2D eigenvalue weighted by atomic mass is 9.87. The highest BCUT2D eigenvalue weighted by atomic mass is 79.9. The number of hydrogen-bond donors (Lipinski definition) is 1. The fourth-order valence-electron chi connectivity index (χ4n) is 4.10. The van der Waals surface area contributed by atoms with Crippen LogP contribution in [0.4, 0.5) is 0 Å². The first-order valence-electron chi connectivity index (χ1n) is 7.18. The standard InChI is InChI=1S/C14H22BrNO/c15-12-3-1-2-4-13(12)16-14(17)11-8-9-5-6-10(11)7-9/h9-13H,1-8H2,(H,16,17). The van der Waals surface area contributed by atoms with E-state index in [4.69, 9.17) is 0 Å². The number of alkyl halides is 1. The maximum atomic E-state index is 12.3. The van der Waals surface area contributed by atoms with E-state index >= 15 is 0 Å². The number of nitrogens with one attached hydrogen (secondary N) is 1. The maximum Gasteiger partial charge on any atom is 0.223 e. The van der Waals surface area contributed by atoms with Gasteiger partial charge in [-0.3, -0.25) is 4.79 Å². The average molecular weight is 300 g/mol. The second kappa shape index (κ2) is 4.91. The monoisotopic (exact) mass is 299 g/mol. The van der Waals surface area contributed by atoms with Gasteiger partial charge in [0.2, 0.25) is 5.91 Å². The van der Waals surface area contributed by atoms with Gasteiger partial charge >= 0.3 is 0 Å². The Morgan fingerprint density at radius 2 is 1.88 bits per heavy atom. The Morgan fingerprint density at radius 1 is 1.06 bits per heavy atom. The molecule has 0 saturated heterocycles. The molecule has 1 N–H and O–H groups in total. The maximum absolute atomic E-state index is 12.3. The summed E-state index contributed by atoms with van der Waals surface area (Å²) in [6.45, 7) is 0. The van der Waals surface area contributed by atoms with Gasteiger partial charge in [-0.15, -0.1) is 0 Å². The number of carbonyl (C=O) groups is 1. The van der Waals surface area contributed by atoms with Crippen LogP contribution in [0.25, 0.3) is 0 Å². The third kappa shape index (κ3) is 2.40. The number of amides is 1. The van der Waals surface area contributed by atoms with Gasteiger partial charge in [-0.2, -0.15) is 0 Å². The third-order valence-electron chi connectivity index (χ3n) is 5.08. The van der Waals surface area contributed by atoms with Crippen LogP contribution in [-0.4, -0.2) is 16.8 Å². The summed E-state index contributed by atoms with van der Waals surface area (Å²) in [5.41, 5.74) is 0. The molecule has 5 unspecified atom stereocenters. The zero-order chi connectivity index (χ0) is 11.8. The fraction of sp³-hybridized carbons (Fsp3) is 0.929. The Labute approximate surface area is 112 Å². The van der Waals surface area contributed by atoms with Gasteiger partial charge in [0.25, 0.3) is 0 Å². The second-order valence-electron chi connectivity index (χ2n) is 6.20. The van der Waals surface area contributed by atoms with Crippen molar-refractivity contribution in [3.05, 3.63) is 0 Å². The van der Waals surface area contributed by atoms with Crippen LogP contribution in [-0.2, 0) is 4.79 Å². The van der Waals surface area contributed by atoms with Gasteiger partial charge in [0.1, 0.15) is 0 Å². The molecular formula is C14H22BrNO. The lowest BCUT2D eigenvalue weighted by molar-refractivity contribution is -0.127. The predicted molar refractivity (Wildman–Crippen MR) is 72.1 cm³/mol. The van der Waals surface area contributed by atoms with Crippen molar-refractivity contribution in [1.29, 1.82) is 0 Å². The first-order valence-corrected chi connectivity index (χ1v) is 8.10. The zero-order valence-electron chi connectivity index (χ0n) is 10.3. The van der Waals surface area contributed by atoms with E-state index in [1.807, 2.05) is 0 Å². The van der Waals surface area contributed by atoms with Crippen LogP contribution in [0.3, 0.4) is 0 Å². The Morgan fingerprint density at radius 3 is 2.53 bits per heavy atom. The van der Waals surface area contributed by atoms with E-state index < -0.39 is 0 Å². The normalized spacial score (nSPS) is 44.9. The number of carbonyl (C=O) groups excluding carboxylic acids is 1. The van der Waals surface area contributed by atoms with Crippen molar-refractivity contribution in [3.63, 3.8) is 0 Å². The highest BCUT2D eigenvalue weighted by Gasteiger charge is 2.43. The molecule has 3 fully saturated rings. The van der Waals surface area contributed by atoms with Crippen LogP contribution in [0.5, 0.6) is 0 Å². The van der Waals surface area contributed by atoms with E-state index in [1.54, 1.807) is 0 Å². The van der Waals surface area contributed by atoms with Crippen LogP contribution < -0.4 is 5.32 Å². The van der Waals surface area contributed by atoms with Crippen molar-refractivity contribution in [2.24, 2.45) is 17.8 Å². The van der Waals surface area contributed by atoms with Gasteiger partial charge in [-0.1, -0.05) is 35.2 Å². The molecule has 0 spiro atoms. The van der Waals surface area contributed by atoms with Crippen LogP contribution >= 0.6 is 15.9 Å². The molecule has 0 heterocycles. The lowest BCUT2D eigenvalue weighted by Gasteiger charge is -2.30. The summed E-state index contributed by atoms with van der Waals surface area (Å²) in [6, 6.07) is 0.385. The van der Waals surface area contributed by atoms with Crippen LogP contribution in [0.15, 0.2) is 0 Å². The van der Waals surface area contributed by atoms with Crippen molar-refractivity contribution in [2.75, 3.05) is 0 Å². The molecule has 0 aliphatic heterocycles. The van der Waals surface area contributed by atoms with Crippen molar-refractivity contribution < 1.29 is 4.79 Å². The van der Waals surface area contributed by atoms with Crippen LogP contribution in [0.1, 0.15) is 51.4 Å². The minimum Gasteiger partial charge on any atom is -0.352 e. The predicted octanol–water partition coefficient (Wildman–Crippen LogP) is 3.24. The first kappa shape index (κ1) is 12.0. The second-order valence-corrected chi connectivity index (χ2v) is 7.37. The van der Waals surface area contributed by atoms with E-state index in [0.29, 0.717) is 28.6 Å². The smallest absolute Gasteiger partial charge is 0.223 e. The third-order valence-corrected chi connectivity index (χ3v) is 6.18. The van der Waals surface area contributed by atoms with Crippen LogP contribution in [0.2, 0.25) is 0 Å². The van der Waals surface area contributed by atoms with E-state index in [0.717, 1.165) is 18.8 Å². The Balaban J connectivity index is 1.56. The van der Waals surface area contributed by atoms with Crippen molar-refractivity contribution >= 4 is 21.8 Å². The molecule has 17 heavy (non-hydrogen) atoms. The van der Waals surface area contributed by atoms with E-state index in [2.05, 4.69) is 21.2 Å². The number of fused-ring (bicyclic) bond motifs is 2. The van der Waals surface area contributed by atoms with Gasteiger partial charge in [0.15, 0.2) is 0 Å². The molecule has 3 rings (SSSR count). The Bertz CT molecular complexity index is 307. The molecule has 3 heteroatoms. The van der Waals surface area contributed by atoms with E-state index in [9.17, 15) is 4.79 Å². The highest BCUT2D eigenvalue weighted by molar-refractivity contribution is 9.09. The molecule has 2 nitrogen and oxygen atoms in total. The Hall–Kier alpha value is -0.0500. The fourth-order valence-corrected chi connectivity index (χ4v) is 4.82. The SMILES string of the molecule is O=C(NC1CCCCC1Br)C1CC2CCC1C2. The van der Waals surface area contributed by atoms with Crippen LogP contribution in [0, 0.1) is 17.8 Å². The summed E-state index contributed by atoms with van der Waals surface area (Å²) in [6.07, 6.45) is 10.1. The molecule has 0 aromatic rings. The molecule has 3 saturated carbocycles. The molecule has 0 radical (unpaired) electrons. The first-order chi connectivity index (χ1) is 8.24. The summed E-state index contributed by atoms with van der Waals surface area (Å²) in [4.78, 5) is 12.8. The van der Waals surface area contributed by atoms with Gasteiger partial charge in [0.05, 0.1) is 0 Å². The molecule has 3 aliphatic rings. The number of hydrogen-bond acceptors (Lipinski definition) is 1. The zero-order valence-corrected chi connectivity index (χ0v) is 11.9. The van der Waals surface area contributed by atoms with Gasteiger partial charge < -0.3 is 5.32 Å². The lowest BCUT2D eigenvalue weighted by Crippen LogP contribution is -2.46. The quantitative estimate of drug-likeness (QED) is 0.779. The molecule has 3 aliphatic carbocycles. The van der Waals surface area contributed by atoms with E-state index in [1.165, 1.54) is 38.5 Å². The largest absolute Gasteiger partial charge is 0.352 e. The summed E-state index contributed by atoms with van der Waals surface area (Å²) >= 11 is 3.72. The minimum atomic E-state index is 0.343. The molecular weight excluding hydrogens is 278 g/mol. The van der Waals surface area contributed by atoms with E-state index in [-0.39, 0.29) is 0 Å². The molecule has 0 aromatic heterocycles. The molecule has 96 valence electrons. The average Bonchev–Trinajstić information content (AvgIpc) is 2.94. The molecule has 1 amide bonds. The molecule has 0 aromatic carbocycles. The summed E-state index contributed by atoms with van der Waals surface area (Å²) < 4.78 is 0. The summed E-state index contributed by atoms with van der Waals surface area (Å²) in [5.74, 6) is 2.27. The Kier molecular flexibility index (Phi) is 3.47. The van der Waals surface area contributed by atoms with Gasteiger partial charge in [0, 0.05) is 16.8 Å². The number of rotatable bonds is 2. The summed E-state index contributed by atoms with van der Waals surface area (Å²) in [5, 5.41) is 3.31. The molecule has 2 bridgehead atoms.